The zero-order valence-corrected chi connectivity index (χ0v) is 23.2. The number of thiophene rings is 1. The highest BCUT2D eigenvalue weighted by molar-refractivity contribution is 7.22. The van der Waals surface area contributed by atoms with Gasteiger partial charge in [0.05, 0.1) is 40.8 Å². The Balaban J connectivity index is 1.34. The molecular formula is C28H32N5O4S2+. The average Bonchev–Trinajstić information content (AvgIpc) is 3.57. The van der Waals surface area contributed by atoms with Crippen LogP contribution in [0.2, 0.25) is 0 Å². The van der Waals surface area contributed by atoms with E-state index in [1.165, 1.54) is 12.8 Å². The summed E-state index contributed by atoms with van der Waals surface area (Å²) in [4.78, 5) is 31.8. The number of carbonyl (C=O) groups is 1. The third-order valence-electron chi connectivity index (χ3n) is 7.63. The van der Waals surface area contributed by atoms with Crippen molar-refractivity contribution in [2.75, 3.05) is 36.5 Å². The van der Waals surface area contributed by atoms with Crippen LogP contribution in [0, 0.1) is 0 Å². The Morgan fingerprint density at radius 1 is 1.15 bits per heavy atom. The summed E-state index contributed by atoms with van der Waals surface area (Å²) in [7, 11) is 0. The molecule has 1 aliphatic heterocycles. The van der Waals surface area contributed by atoms with Crippen LogP contribution in [0.3, 0.4) is 0 Å². The van der Waals surface area contributed by atoms with Crippen molar-refractivity contribution in [3.05, 3.63) is 62.4 Å². The standard InChI is InChI=1S/C28H31N5O4S2/c29-21-3-1-2-4-22(21)32-18-10-16(25(28(30)35)31-12-18)9-17-14-38-15-20(17)19-13-37-26-23(34)11-24(39-27(19)26)33-5-7-36-8-6-33/h10-15,21-22,32H,1-9,29H2,(H2,30,35)/p+1/t21-,22+/m1/s1. The Hall–Kier alpha value is -3.25. The third-order valence-corrected chi connectivity index (χ3v) is 9.61. The molecule has 2 fully saturated rings. The molecule has 2 atom stereocenters. The largest absolute Gasteiger partial charge is 0.459 e. The number of quaternary nitrogens is 1. The van der Waals surface area contributed by atoms with Gasteiger partial charge in [0.2, 0.25) is 5.43 Å². The lowest BCUT2D eigenvalue weighted by Gasteiger charge is -2.27. The molecule has 1 amide bonds. The van der Waals surface area contributed by atoms with Crippen LogP contribution < -0.4 is 27.1 Å². The first-order valence-electron chi connectivity index (χ1n) is 13.3. The van der Waals surface area contributed by atoms with E-state index in [0.717, 1.165) is 63.6 Å². The Labute approximate surface area is 233 Å². The van der Waals surface area contributed by atoms with Crippen molar-refractivity contribution < 1.29 is 19.7 Å². The number of furan rings is 1. The zero-order valence-electron chi connectivity index (χ0n) is 21.6. The van der Waals surface area contributed by atoms with Gasteiger partial charge < -0.3 is 30.8 Å². The van der Waals surface area contributed by atoms with Gasteiger partial charge in [0, 0.05) is 43.1 Å². The average molecular weight is 567 g/mol. The first-order valence-corrected chi connectivity index (χ1v) is 15.1. The van der Waals surface area contributed by atoms with Gasteiger partial charge in [-0.05, 0) is 40.8 Å². The molecule has 1 aliphatic carbocycles. The number of hydrogen-bond acceptors (Lipinski definition) is 9. The molecule has 39 heavy (non-hydrogen) atoms. The molecule has 2 aliphatic rings. The molecule has 0 radical (unpaired) electrons. The number of amides is 1. The molecule has 11 heteroatoms. The van der Waals surface area contributed by atoms with Gasteiger partial charge in [-0.25, -0.2) is 4.98 Å². The number of ether oxygens (including phenoxy) is 1. The zero-order chi connectivity index (χ0) is 26.9. The van der Waals surface area contributed by atoms with Crippen LogP contribution in [0.4, 0.5) is 10.7 Å². The van der Waals surface area contributed by atoms with E-state index in [-0.39, 0.29) is 17.2 Å². The highest BCUT2D eigenvalue weighted by Gasteiger charge is 2.26. The minimum absolute atomic E-state index is 0.126. The fourth-order valence-electron chi connectivity index (χ4n) is 5.52. The Bertz CT molecular complexity index is 1560. The van der Waals surface area contributed by atoms with Crippen molar-refractivity contribution in [3.8, 4) is 11.1 Å². The number of carbonyl (C=O) groups excluding carboxylic acids is 1. The lowest BCUT2D eigenvalue weighted by atomic mass is 9.91. The predicted octanol–water partition coefficient (Wildman–Crippen LogP) is 3.47. The van der Waals surface area contributed by atoms with Gasteiger partial charge in [0.25, 0.3) is 5.91 Å². The van der Waals surface area contributed by atoms with Crippen molar-refractivity contribution >= 4 is 49.6 Å². The number of primary amides is 1. The minimum Gasteiger partial charge on any atom is -0.459 e. The highest BCUT2D eigenvalue weighted by atomic mass is 32.1. The number of nitrogens with one attached hydrogen (secondary N) is 1. The Morgan fingerprint density at radius 3 is 2.77 bits per heavy atom. The van der Waals surface area contributed by atoms with E-state index in [2.05, 4.69) is 31.7 Å². The smallest absolute Gasteiger partial charge is 0.267 e. The van der Waals surface area contributed by atoms with E-state index in [1.807, 2.05) is 6.07 Å². The molecule has 1 saturated carbocycles. The van der Waals surface area contributed by atoms with Crippen LogP contribution >= 0.6 is 22.7 Å². The Kier molecular flexibility index (Phi) is 7.39. The summed E-state index contributed by atoms with van der Waals surface area (Å²) in [6.45, 7) is 2.79. The maximum Gasteiger partial charge on any atom is 0.267 e. The van der Waals surface area contributed by atoms with Crippen molar-refractivity contribution in [1.82, 2.24) is 4.98 Å². The first kappa shape index (κ1) is 26.0. The lowest BCUT2D eigenvalue weighted by molar-refractivity contribution is -0.427. The molecule has 0 bridgehead atoms. The second kappa shape index (κ2) is 11.1. The summed E-state index contributed by atoms with van der Waals surface area (Å²) in [6.07, 6.45) is 8.39. The summed E-state index contributed by atoms with van der Waals surface area (Å²) in [5.41, 5.74) is 15.1. The summed E-state index contributed by atoms with van der Waals surface area (Å²) < 4.78 is 12.1. The van der Waals surface area contributed by atoms with Gasteiger partial charge in [-0.2, -0.15) is 11.3 Å². The molecule has 4 aromatic heterocycles. The molecule has 9 nitrogen and oxygen atoms in total. The predicted molar refractivity (Wildman–Crippen MR) is 155 cm³/mol. The monoisotopic (exact) mass is 566 g/mol. The number of morpholine rings is 1. The maximum absolute atomic E-state index is 12.9. The molecule has 4 aromatic rings. The molecule has 6 N–H and O–H groups in total. The summed E-state index contributed by atoms with van der Waals surface area (Å²) in [5, 5.41) is 8.64. The highest BCUT2D eigenvalue weighted by Crippen LogP contribution is 2.39. The second-order valence-corrected chi connectivity index (χ2v) is 12.0. The van der Waals surface area contributed by atoms with Crippen LogP contribution in [0.1, 0.15) is 47.3 Å². The van der Waals surface area contributed by atoms with Crippen molar-refractivity contribution in [3.63, 3.8) is 0 Å². The molecule has 5 heterocycles. The molecular weight excluding hydrogens is 534 g/mol. The molecule has 204 valence electrons. The van der Waals surface area contributed by atoms with E-state index in [4.69, 9.17) is 14.9 Å². The normalized spacial score (nSPS) is 19.9. The lowest BCUT2D eigenvalue weighted by Crippen LogP contribution is -2.68. The van der Waals surface area contributed by atoms with Gasteiger partial charge in [0.1, 0.15) is 18.0 Å². The summed E-state index contributed by atoms with van der Waals surface area (Å²) in [6, 6.07) is 4.26. The van der Waals surface area contributed by atoms with E-state index >= 15 is 0 Å². The quantitative estimate of drug-likeness (QED) is 0.311. The van der Waals surface area contributed by atoms with E-state index < -0.39 is 5.91 Å². The van der Waals surface area contributed by atoms with Crippen LogP contribution in [0.5, 0.6) is 0 Å². The molecule has 0 spiro atoms. The van der Waals surface area contributed by atoms with Crippen molar-refractivity contribution in [1.29, 1.82) is 0 Å². The first-order chi connectivity index (χ1) is 19.0. The van der Waals surface area contributed by atoms with Crippen molar-refractivity contribution in [2.24, 2.45) is 5.73 Å². The summed E-state index contributed by atoms with van der Waals surface area (Å²) >= 11 is 3.14. The fraction of sp³-hybridized carbons (Fsp3) is 0.393. The maximum atomic E-state index is 12.9. The minimum atomic E-state index is -0.553. The number of rotatable bonds is 7. The fourth-order valence-corrected chi connectivity index (χ4v) is 7.57. The number of aromatic nitrogens is 1. The number of hydrogen-bond donors (Lipinski definition) is 3. The number of nitrogens with two attached hydrogens (primary N) is 1. The second-order valence-electron chi connectivity index (χ2n) is 10.2. The molecule has 6 rings (SSSR count). The van der Waals surface area contributed by atoms with Crippen LogP contribution in [-0.2, 0) is 11.2 Å². The van der Waals surface area contributed by atoms with Gasteiger partial charge in [0.15, 0.2) is 5.58 Å². The topological polar surface area (TPSA) is 138 Å². The van der Waals surface area contributed by atoms with Crippen LogP contribution in [0.25, 0.3) is 21.4 Å². The van der Waals surface area contributed by atoms with Gasteiger partial charge in [-0.3, -0.25) is 9.59 Å². The number of nitrogens with zero attached hydrogens (tertiary/aromatic N) is 2. The van der Waals surface area contributed by atoms with E-state index in [9.17, 15) is 9.59 Å². The molecule has 0 unspecified atom stereocenters. The van der Waals surface area contributed by atoms with Gasteiger partial charge in [-0.15, -0.1) is 11.3 Å². The van der Waals surface area contributed by atoms with Gasteiger partial charge in [-0.1, -0.05) is 6.42 Å². The van der Waals surface area contributed by atoms with E-state index in [1.54, 1.807) is 41.2 Å². The van der Waals surface area contributed by atoms with Crippen molar-refractivity contribution in [2.45, 2.75) is 44.2 Å². The molecule has 0 aromatic carbocycles. The van der Waals surface area contributed by atoms with Crippen LogP contribution in [0.15, 0.2) is 44.6 Å². The van der Waals surface area contributed by atoms with E-state index in [0.29, 0.717) is 31.3 Å². The molecule has 1 saturated heterocycles. The Morgan fingerprint density at radius 2 is 1.97 bits per heavy atom. The van der Waals surface area contributed by atoms with Crippen LogP contribution in [-0.4, -0.2) is 49.3 Å². The number of anilines is 2. The SMILES string of the molecule is NC(=O)c1ncc(N[C@H]2CCCC[C@H]2[NH3+])cc1Cc1cscc1-c1coc2c(=O)cc(N3CCOCC3)sc12. The number of fused-ring (bicyclic) bond motifs is 1. The third kappa shape index (κ3) is 5.31. The van der Waals surface area contributed by atoms with Gasteiger partial charge >= 0.3 is 0 Å². The summed E-state index contributed by atoms with van der Waals surface area (Å²) in [5.74, 6) is -0.553. The number of pyridine rings is 1.